The fraction of sp³-hybridized carbons (Fsp3) is 0.333. The average molecular weight is 239 g/mol. The number of hydrogen-bond acceptors (Lipinski definition) is 2. The highest BCUT2D eigenvalue weighted by molar-refractivity contribution is 5.98. The number of imide groups is 1. The van der Waals surface area contributed by atoms with E-state index in [2.05, 4.69) is 5.32 Å². The molecule has 0 radical (unpaired) electrons. The summed E-state index contributed by atoms with van der Waals surface area (Å²) in [5.74, 6) is -1.00. The number of rotatable bonds is 2. The first-order chi connectivity index (χ1) is 8.06. The van der Waals surface area contributed by atoms with Gasteiger partial charge in [-0.3, -0.25) is 14.9 Å². The summed E-state index contributed by atoms with van der Waals surface area (Å²) >= 11 is 0. The van der Waals surface area contributed by atoms with Gasteiger partial charge in [-0.25, -0.2) is 8.78 Å². The molecule has 1 saturated heterocycles. The molecular formula is C12H11F2NO2. The van der Waals surface area contributed by atoms with Crippen molar-refractivity contribution in [2.24, 2.45) is 0 Å². The minimum absolute atomic E-state index is 0.0825. The van der Waals surface area contributed by atoms with E-state index in [1.54, 1.807) is 6.07 Å². The summed E-state index contributed by atoms with van der Waals surface area (Å²) in [4.78, 5) is 22.4. The predicted octanol–water partition coefficient (Wildman–Crippen LogP) is 2.14. The van der Waals surface area contributed by atoms with Crippen LogP contribution in [0, 0.1) is 0 Å². The molecule has 0 saturated carbocycles. The third kappa shape index (κ3) is 2.67. The lowest BCUT2D eigenvalue weighted by Gasteiger charge is -2.21. The lowest BCUT2D eigenvalue weighted by atomic mass is 9.88. The maximum absolute atomic E-state index is 12.5. The molecule has 1 aromatic carbocycles. The smallest absolute Gasteiger partial charge is 0.263 e. The number of alkyl halides is 2. The predicted molar refractivity (Wildman–Crippen MR) is 56.5 cm³/mol. The van der Waals surface area contributed by atoms with Crippen molar-refractivity contribution < 1.29 is 18.4 Å². The number of amides is 2. The summed E-state index contributed by atoms with van der Waals surface area (Å²) in [5, 5.41) is 2.19. The van der Waals surface area contributed by atoms with Crippen LogP contribution in [0.4, 0.5) is 8.78 Å². The monoisotopic (exact) mass is 239 g/mol. The van der Waals surface area contributed by atoms with Crippen molar-refractivity contribution in [2.45, 2.75) is 25.2 Å². The minimum Gasteiger partial charge on any atom is -0.296 e. The van der Waals surface area contributed by atoms with Crippen LogP contribution in [0.3, 0.4) is 0 Å². The quantitative estimate of drug-likeness (QED) is 0.804. The lowest BCUT2D eigenvalue weighted by molar-refractivity contribution is -0.133. The molecule has 3 nitrogen and oxygen atoms in total. The van der Waals surface area contributed by atoms with Crippen molar-refractivity contribution in [3.63, 3.8) is 0 Å². The van der Waals surface area contributed by atoms with Gasteiger partial charge in [-0.05, 0) is 11.6 Å². The van der Waals surface area contributed by atoms with Crippen LogP contribution in [0.15, 0.2) is 24.3 Å². The van der Waals surface area contributed by atoms with Crippen LogP contribution in [0.1, 0.15) is 36.3 Å². The molecule has 17 heavy (non-hydrogen) atoms. The second-order valence-electron chi connectivity index (χ2n) is 4.05. The van der Waals surface area contributed by atoms with Crippen LogP contribution < -0.4 is 5.32 Å². The maximum atomic E-state index is 12.5. The molecule has 1 aromatic rings. The molecule has 2 rings (SSSR count). The molecule has 90 valence electrons. The highest BCUT2D eigenvalue weighted by Gasteiger charge is 2.26. The van der Waals surface area contributed by atoms with Crippen molar-refractivity contribution in [3.8, 4) is 0 Å². The molecule has 0 unspecified atom stereocenters. The highest BCUT2D eigenvalue weighted by atomic mass is 19.3. The van der Waals surface area contributed by atoms with Crippen LogP contribution in [0.2, 0.25) is 0 Å². The number of carbonyl (C=O) groups excluding carboxylic acids is 2. The lowest BCUT2D eigenvalue weighted by Crippen LogP contribution is -2.37. The number of piperidine rings is 1. The van der Waals surface area contributed by atoms with Gasteiger partial charge in [-0.1, -0.05) is 18.2 Å². The number of benzene rings is 1. The Labute approximate surface area is 96.8 Å². The molecule has 0 aromatic heterocycles. The number of nitrogens with one attached hydrogen (secondary N) is 1. The summed E-state index contributed by atoms with van der Waals surface area (Å²) in [5.41, 5.74) is 0.534. The Morgan fingerprint density at radius 1 is 1.18 bits per heavy atom. The second kappa shape index (κ2) is 4.61. The highest BCUT2D eigenvalue weighted by Crippen LogP contribution is 2.29. The van der Waals surface area contributed by atoms with E-state index in [9.17, 15) is 18.4 Å². The Hall–Kier alpha value is -1.78. The summed E-state index contributed by atoms with van der Waals surface area (Å²) in [6, 6.07) is 5.89. The zero-order valence-corrected chi connectivity index (χ0v) is 8.95. The fourth-order valence-corrected chi connectivity index (χ4v) is 1.96. The van der Waals surface area contributed by atoms with Crippen LogP contribution >= 0.6 is 0 Å². The SMILES string of the molecule is O=C1CC(c2cccc(C(F)F)c2)CC(=O)N1. The summed E-state index contributed by atoms with van der Waals surface area (Å²) in [6.07, 6.45) is -2.21. The van der Waals surface area contributed by atoms with Crippen LogP contribution in [-0.2, 0) is 9.59 Å². The Morgan fingerprint density at radius 3 is 2.41 bits per heavy atom. The number of hydrogen-bond donors (Lipinski definition) is 1. The summed E-state index contributed by atoms with van der Waals surface area (Å²) in [6.45, 7) is 0. The molecule has 2 amide bonds. The molecule has 1 fully saturated rings. The van der Waals surface area contributed by atoms with Gasteiger partial charge >= 0.3 is 0 Å². The van der Waals surface area contributed by atoms with Gasteiger partial charge in [0.15, 0.2) is 0 Å². The number of halogens is 2. The van der Waals surface area contributed by atoms with Gasteiger partial charge in [0.2, 0.25) is 11.8 Å². The number of carbonyl (C=O) groups is 2. The van der Waals surface area contributed by atoms with Gasteiger partial charge in [0.05, 0.1) is 0 Å². The molecule has 0 aliphatic carbocycles. The standard InChI is InChI=1S/C12H11F2NO2/c13-12(14)8-3-1-2-7(4-8)9-5-10(16)15-11(17)6-9/h1-4,9,12H,5-6H2,(H,15,16,17). The average Bonchev–Trinajstić information content (AvgIpc) is 2.28. The largest absolute Gasteiger partial charge is 0.296 e. The van der Waals surface area contributed by atoms with E-state index in [0.29, 0.717) is 5.56 Å². The van der Waals surface area contributed by atoms with E-state index in [0.717, 1.165) is 0 Å². The van der Waals surface area contributed by atoms with Crippen LogP contribution in [-0.4, -0.2) is 11.8 Å². The molecule has 1 aliphatic heterocycles. The first-order valence-corrected chi connectivity index (χ1v) is 5.27. The van der Waals surface area contributed by atoms with E-state index < -0.39 is 6.43 Å². The molecule has 0 atom stereocenters. The van der Waals surface area contributed by atoms with Crippen molar-refractivity contribution in [3.05, 3.63) is 35.4 Å². The molecule has 1 N–H and O–H groups in total. The van der Waals surface area contributed by atoms with E-state index in [4.69, 9.17) is 0 Å². The Kier molecular flexibility index (Phi) is 3.17. The van der Waals surface area contributed by atoms with Gasteiger partial charge in [0.1, 0.15) is 0 Å². The van der Waals surface area contributed by atoms with E-state index in [-0.39, 0.29) is 36.1 Å². The molecule has 0 bridgehead atoms. The van der Waals surface area contributed by atoms with Gasteiger partial charge in [-0.2, -0.15) is 0 Å². The Morgan fingerprint density at radius 2 is 1.82 bits per heavy atom. The van der Waals surface area contributed by atoms with Gasteiger partial charge in [-0.15, -0.1) is 0 Å². The van der Waals surface area contributed by atoms with Crippen LogP contribution in [0.25, 0.3) is 0 Å². The minimum atomic E-state index is -2.54. The molecular weight excluding hydrogens is 228 g/mol. The maximum Gasteiger partial charge on any atom is 0.263 e. The third-order valence-corrected chi connectivity index (χ3v) is 2.78. The van der Waals surface area contributed by atoms with E-state index in [1.807, 2.05) is 0 Å². The van der Waals surface area contributed by atoms with Crippen molar-refractivity contribution in [1.82, 2.24) is 5.32 Å². The summed E-state index contributed by atoms with van der Waals surface area (Å²) in [7, 11) is 0. The first-order valence-electron chi connectivity index (χ1n) is 5.27. The third-order valence-electron chi connectivity index (χ3n) is 2.78. The normalized spacial score (nSPS) is 17.4. The van der Waals surface area contributed by atoms with Gasteiger partial charge in [0, 0.05) is 24.3 Å². The van der Waals surface area contributed by atoms with E-state index in [1.165, 1.54) is 18.2 Å². The molecule has 0 spiro atoms. The molecule has 1 aliphatic rings. The van der Waals surface area contributed by atoms with Gasteiger partial charge < -0.3 is 0 Å². The van der Waals surface area contributed by atoms with E-state index >= 15 is 0 Å². The fourth-order valence-electron chi connectivity index (χ4n) is 1.96. The second-order valence-corrected chi connectivity index (χ2v) is 4.05. The Balaban J connectivity index is 2.24. The van der Waals surface area contributed by atoms with Crippen LogP contribution in [0.5, 0.6) is 0 Å². The summed E-state index contributed by atoms with van der Waals surface area (Å²) < 4.78 is 25.0. The van der Waals surface area contributed by atoms with Crippen molar-refractivity contribution >= 4 is 11.8 Å². The Bertz CT molecular complexity index is 444. The first kappa shape index (κ1) is 11.7. The zero-order chi connectivity index (χ0) is 12.4. The molecule has 1 heterocycles. The molecule has 5 heteroatoms. The van der Waals surface area contributed by atoms with Crippen molar-refractivity contribution in [2.75, 3.05) is 0 Å². The topological polar surface area (TPSA) is 46.2 Å². The zero-order valence-electron chi connectivity index (χ0n) is 8.95. The van der Waals surface area contributed by atoms with Gasteiger partial charge in [0.25, 0.3) is 6.43 Å². The van der Waals surface area contributed by atoms with Crippen molar-refractivity contribution in [1.29, 1.82) is 0 Å².